The van der Waals surface area contributed by atoms with Gasteiger partial charge in [-0.3, -0.25) is 4.79 Å². The molecule has 19 heavy (non-hydrogen) atoms. The van der Waals surface area contributed by atoms with Crippen molar-refractivity contribution in [3.8, 4) is 0 Å². The number of nitrogens with zero attached hydrogens (tertiary/aromatic N) is 1. The zero-order valence-electron chi connectivity index (χ0n) is 11.8. The van der Waals surface area contributed by atoms with E-state index in [1.807, 2.05) is 36.4 Å². The van der Waals surface area contributed by atoms with Crippen LogP contribution in [0.2, 0.25) is 0 Å². The smallest absolute Gasteiger partial charge is 0.243 e. The minimum Gasteiger partial charge on any atom is -0.352 e. The first-order chi connectivity index (χ1) is 9.02. The summed E-state index contributed by atoms with van der Waals surface area (Å²) in [4.78, 5) is 15.1. The van der Waals surface area contributed by atoms with E-state index in [-0.39, 0.29) is 11.3 Å². The molecule has 1 saturated carbocycles. The molecule has 1 aliphatic rings. The van der Waals surface area contributed by atoms with Crippen LogP contribution in [0.1, 0.15) is 18.2 Å². The molecule has 2 unspecified atom stereocenters. The fraction of sp³-hybridized carbons (Fsp3) is 0.533. The molecule has 1 fully saturated rings. The Morgan fingerprint density at radius 3 is 3.05 bits per heavy atom. The second-order valence-corrected chi connectivity index (χ2v) is 6.65. The molecule has 1 N–H and O–H groups in total. The van der Waals surface area contributed by atoms with E-state index in [2.05, 4.69) is 29.8 Å². The quantitative estimate of drug-likeness (QED) is 0.810. The van der Waals surface area contributed by atoms with Gasteiger partial charge >= 0.3 is 0 Å². The lowest BCUT2D eigenvalue weighted by Gasteiger charge is -2.09. The highest BCUT2D eigenvalue weighted by Gasteiger charge is 2.51. The summed E-state index contributed by atoms with van der Waals surface area (Å²) in [6, 6.07) is 4.30. The molecule has 3 nitrogen and oxygen atoms in total. The zero-order valence-corrected chi connectivity index (χ0v) is 12.7. The van der Waals surface area contributed by atoms with E-state index in [0.717, 1.165) is 13.1 Å². The molecule has 2 rings (SSSR count). The van der Waals surface area contributed by atoms with Crippen LogP contribution in [-0.2, 0) is 10.2 Å². The van der Waals surface area contributed by atoms with E-state index in [4.69, 9.17) is 0 Å². The van der Waals surface area contributed by atoms with Crippen LogP contribution >= 0.6 is 11.3 Å². The highest BCUT2D eigenvalue weighted by atomic mass is 32.1. The van der Waals surface area contributed by atoms with E-state index < -0.39 is 0 Å². The van der Waals surface area contributed by atoms with Gasteiger partial charge in [-0.2, -0.15) is 0 Å². The molecule has 0 aliphatic heterocycles. The molecule has 1 aromatic rings. The molecular formula is C15H22N2OS. The summed E-state index contributed by atoms with van der Waals surface area (Å²) < 4.78 is 0. The van der Waals surface area contributed by atoms with Crippen molar-refractivity contribution in [1.29, 1.82) is 0 Å². The van der Waals surface area contributed by atoms with Crippen molar-refractivity contribution in [3.05, 3.63) is 34.5 Å². The fourth-order valence-electron chi connectivity index (χ4n) is 2.31. The standard InChI is InChI=1S/C15H22N2OS/c1-15(13-6-5-9-19-13)10-12(15)11-16-14(18)7-4-8-17(2)3/h4-7,9,12H,8,10-11H2,1-3H3,(H,16,18)/b7-4+. The number of thiophene rings is 1. The molecule has 0 bridgehead atoms. The fourth-order valence-corrected chi connectivity index (χ4v) is 3.29. The Morgan fingerprint density at radius 2 is 2.42 bits per heavy atom. The number of rotatable bonds is 6. The monoisotopic (exact) mass is 278 g/mol. The SMILES string of the molecule is CN(C)C/C=C/C(=O)NCC1CC1(C)c1cccs1. The number of carbonyl (C=O) groups excluding carboxylic acids is 1. The van der Waals surface area contributed by atoms with Gasteiger partial charge in [-0.05, 0) is 37.9 Å². The maximum atomic E-state index is 11.6. The summed E-state index contributed by atoms with van der Waals surface area (Å²) in [7, 11) is 3.97. The lowest BCUT2D eigenvalue weighted by molar-refractivity contribution is -0.116. The lowest BCUT2D eigenvalue weighted by atomic mass is 10.0. The second-order valence-electron chi connectivity index (χ2n) is 5.71. The van der Waals surface area contributed by atoms with Crippen LogP contribution in [0.5, 0.6) is 0 Å². The average Bonchev–Trinajstić information content (AvgIpc) is 2.81. The summed E-state index contributed by atoms with van der Waals surface area (Å²) in [5.41, 5.74) is 0.287. The van der Waals surface area contributed by atoms with Gasteiger partial charge in [-0.15, -0.1) is 11.3 Å². The maximum Gasteiger partial charge on any atom is 0.243 e. The third-order valence-corrected chi connectivity index (χ3v) is 4.91. The van der Waals surface area contributed by atoms with Gasteiger partial charge in [0.2, 0.25) is 5.91 Å². The van der Waals surface area contributed by atoms with Crippen molar-refractivity contribution in [2.75, 3.05) is 27.2 Å². The van der Waals surface area contributed by atoms with Crippen LogP contribution in [0.4, 0.5) is 0 Å². The van der Waals surface area contributed by atoms with Gasteiger partial charge in [-0.1, -0.05) is 19.1 Å². The molecule has 1 heterocycles. The Bertz CT molecular complexity index is 453. The molecule has 104 valence electrons. The molecule has 1 aliphatic carbocycles. The Morgan fingerprint density at radius 1 is 1.63 bits per heavy atom. The van der Waals surface area contributed by atoms with Crippen molar-refractivity contribution >= 4 is 17.2 Å². The largest absolute Gasteiger partial charge is 0.352 e. The van der Waals surface area contributed by atoms with Crippen molar-refractivity contribution < 1.29 is 4.79 Å². The summed E-state index contributed by atoms with van der Waals surface area (Å²) >= 11 is 1.82. The first-order valence-corrected chi connectivity index (χ1v) is 7.53. The van der Waals surface area contributed by atoms with Gasteiger partial charge in [0.15, 0.2) is 0 Å². The Labute approximate surface area is 119 Å². The molecule has 0 spiro atoms. The number of nitrogens with one attached hydrogen (secondary N) is 1. The summed E-state index contributed by atoms with van der Waals surface area (Å²) in [6.45, 7) is 3.86. The number of likely N-dealkylation sites (N-methyl/N-ethyl adjacent to an activating group) is 1. The van der Waals surface area contributed by atoms with E-state index in [1.165, 1.54) is 11.3 Å². The van der Waals surface area contributed by atoms with E-state index >= 15 is 0 Å². The van der Waals surface area contributed by atoms with Crippen LogP contribution in [0.15, 0.2) is 29.7 Å². The third-order valence-electron chi connectivity index (χ3n) is 3.76. The normalized spacial score (nSPS) is 26.0. The van der Waals surface area contributed by atoms with Crippen molar-refractivity contribution in [1.82, 2.24) is 10.2 Å². The topological polar surface area (TPSA) is 32.3 Å². The highest BCUT2D eigenvalue weighted by Crippen LogP contribution is 2.54. The highest BCUT2D eigenvalue weighted by molar-refractivity contribution is 7.10. The van der Waals surface area contributed by atoms with E-state index in [1.54, 1.807) is 6.08 Å². The van der Waals surface area contributed by atoms with Crippen LogP contribution in [0.3, 0.4) is 0 Å². The molecular weight excluding hydrogens is 256 g/mol. The minimum atomic E-state index is 0.0160. The third kappa shape index (κ3) is 3.67. The van der Waals surface area contributed by atoms with Crippen LogP contribution in [0.25, 0.3) is 0 Å². The Balaban J connectivity index is 1.73. The predicted molar refractivity (Wildman–Crippen MR) is 80.5 cm³/mol. The molecule has 1 aromatic heterocycles. The molecule has 0 radical (unpaired) electrons. The van der Waals surface area contributed by atoms with Gasteiger partial charge in [0.25, 0.3) is 0 Å². The van der Waals surface area contributed by atoms with E-state index in [9.17, 15) is 4.79 Å². The first-order valence-electron chi connectivity index (χ1n) is 6.65. The molecule has 0 saturated heterocycles. The molecule has 1 amide bonds. The first kappa shape index (κ1) is 14.3. The number of hydrogen-bond acceptors (Lipinski definition) is 3. The molecule has 4 heteroatoms. The minimum absolute atomic E-state index is 0.0160. The molecule has 0 aromatic carbocycles. The number of hydrogen-bond donors (Lipinski definition) is 1. The van der Waals surface area contributed by atoms with Gasteiger partial charge in [0.05, 0.1) is 0 Å². The van der Waals surface area contributed by atoms with Gasteiger partial charge in [-0.25, -0.2) is 0 Å². The Kier molecular flexibility index (Phi) is 4.42. The van der Waals surface area contributed by atoms with Crippen LogP contribution < -0.4 is 5.32 Å². The Hall–Kier alpha value is -1.13. The maximum absolute atomic E-state index is 11.6. The predicted octanol–water partition coefficient (Wildman–Crippen LogP) is 2.26. The average molecular weight is 278 g/mol. The van der Waals surface area contributed by atoms with Crippen molar-refractivity contribution in [2.24, 2.45) is 5.92 Å². The van der Waals surface area contributed by atoms with Gasteiger partial charge in [0, 0.05) is 29.5 Å². The summed E-state index contributed by atoms with van der Waals surface area (Å²) in [5, 5.41) is 5.12. The summed E-state index contributed by atoms with van der Waals surface area (Å²) in [5.74, 6) is 0.597. The van der Waals surface area contributed by atoms with Crippen LogP contribution in [0, 0.1) is 5.92 Å². The van der Waals surface area contributed by atoms with E-state index in [0.29, 0.717) is 5.92 Å². The van der Waals surface area contributed by atoms with Crippen molar-refractivity contribution in [2.45, 2.75) is 18.8 Å². The van der Waals surface area contributed by atoms with Crippen LogP contribution in [-0.4, -0.2) is 38.0 Å². The van der Waals surface area contributed by atoms with Gasteiger partial charge in [0.1, 0.15) is 0 Å². The second kappa shape index (κ2) is 5.88. The lowest BCUT2D eigenvalue weighted by Crippen LogP contribution is -2.25. The van der Waals surface area contributed by atoms with Crippen molar-refractivity contribution in [3.63, 3.8) is 0 Å². The number of amides is 1. The number of carbonyl (C=O) groups is 1. The molecule has 2 atom stereocenters. The summed E-state index contributed by atoms with van der Waals surface area (Å²) in [6.07, 6.45) is 4.70. The zero-order chi connectivity index (χ0) is 13.9. The van der Waals surface area contributed by atoms with Gasteiger partial charge < -0.3 is 10.2 Å².